The highest BCUT2D eigenvalue weighted by Crippen LogP contribution is 2.30. The highest BCUT2D eigenvalue weighted by Gasteiger charge is 2.15. The summed E-state index contributed by atoms with van der Waals surface area (Å²) in [6.45, 7) is 9.17. The Bertz CT molecular complexity index is 566. The first-order chi connectivity index (χ1) is 8.86. The van der Waals surface area contributed by atoms with Crippen LogP contribution in [0.2, 0.25) is 0 Å². The van der Waals surface area contributed by atoms with Gasteiger partial charge in [0, 0.05) is 16.3 Å². The molecule has 0 aliphatic carbocycles. The van der Waals surface area contributed by atoms with E-state index < -0.39 is 0 Å². The minimum absolute atomic E-state index is 0.179. The minimum Gasteiger partial charge on any atom is -0.378 e. The van der Waals surface area contributed by atoms with Gasteiger partial charge in [0.25, 0.3) is 0 Å². The molecule has 2 rings (SSSR count). The van der Waals surface area contributed by atoms with E-state index in [0.29, 0.717) is 12.2 Å². The van der Waals surface area contributed by atoms with Gasteiger partial charge in [-0.15, -0.1) is 11.3 Å². The zero-order valence-corrected chi connectivity index (χ0v) is 12.7. The van der Waals surface area contributed by atoms with Crippen molar-refractivity contribution in [2.24, 2.45) is 0 Å². The summed E-state index contributed by atoms with van der Waals surface area (Å²) >= 11 is 1.78. The predicted octanol–water partition coefficient (Wildman–Crippen LogP) is 5.11. The Hall–Kier alpha value is -1.35. The molecular formula is C16H20FNS. The minimum atomic E-state index is -0.187. The maximum absolute atomic E-state index is 13.7. The Balaban J connectivity index is 2.04. The molecule has 0 bridgehead atoms. The van der Waals surface area contributed by atoms with E-state index in [2.05, 4.69) is 38.2 Å². The fourth-order valence-corrected chi connectivity index (χ4v) is 2.83. The molecule has 1 aromatic carbocycles. The van der Waals surface area contributed by atoms with E-state index in [1.807, 2.05) is 13.0 Å². The van der Waals surface area contributed by atoms with Crippen LogP contribution in [-0.2, 0) is 12.0 Å². The van der Waals surface area contributed by atoms with E-state index in [-0.39, 0.29) is 11.2 Å². The maximum atomic E-state index is 13.7. The number of thiophene rings is 1. The quantitative estimate of drug-likeness (QED) is 0.822. The third-order valence-electron chi connectivity index (χ3n) is 2.98. The largest absolute Gasteiger partial charge is 0.378 e. The molecule has 1 nitrogen and oxygen atoms in total. The average molecular weight is 277 g/mol. The number of hydrogen-bond acceptors (Lipinski definition) is 2. The van der Waals surface area contributed by atoms with Gasteiger partial charge < -0.3 is 5.32 Å². The standard InChI is InChI=1S/C16H20FNS/c1-11-5-7-14(13(17)9-11)18-10-12-6-8-15(19-12)16(2,3)4/h5-9,18H,10H2,1-4H3. The molecule has 0 amide bonds. The summed E-state index contributed by atoms with van der Waals surface area (Å²) in [6, 6.07) is 9.54. The number of nitrogens with one attached hydrogen (secondary N) is 1. The van der Waals surface area contributed by atoms with E-state index in [0.717, 1.165) is 5.56 Å². The maximum Gasteiger partial charge on any atom is 0.146 e. The molecule has 0 unspecified atom stereocenters. The Morgan fingerprint density at radius 3 is 2.47 bits per heavy atom. The van der Waals surface area contributed by atoms with Crippen molar-refractivity contribution in [1.82, 2.24) is 0 Å². The van der Waals surface area contributed by atoms with Crippen LogP contribution in [0.4, 0.5) is 10.1 Å². The van der Waals surface area contributed by atoms with Crippen molar-refractivity contribution in [2.45, 2.75) is 39.7 Å². The number of rotatable bonds is 3. The molecule has 0 saturated heterocycles. The van der Waals surface area contributed by atoms with Gasteiger partial charge >= 0.3 is 0 Å². The van der Waals surface area contributed by atoms with Gasteiger partial charge in [0.1, 0.15) is 5.82 Å². The molecule has 2 aromatic rings. The number of hydrogen-bond donors (Lipinski definition) is 1. The molecule has 0 aliphatic rings. The van der Waals surface area contributed by atoms with E-state index in [9.17, 15) is 4.39 Å². The van der Waals surface area contributed by atoms with Gasteiger partial charge in [-0.2, -0.15) is 0 Å². The Morgan fingerprint density at radius 1 is 1.16 bits per heavy atom. The van der Waals surface area contributed by atoms with Crippen LogP contribution in [0.25, 0.3) is 0 Å². The molecule has 0 fully saturated rings. The van der Waals surface area contributed by atoms with Crippen molar-refractivity contribution < 1.29 is 4.39 Å². The highest BCUT2D eigenvalue weighted by atomic mass is 32.1. The Morgan fingerprint density at radius 2 is 1.89 bits per heavy atom. The summed E-state index contributed by atoms with van der Waals surface area (Å²) in [5.41, 5.74) is 1.68. The molecule has 1 N–H and O–H groups in total. The van der Waals surface area contributed by atoms with Crippen LogP contribution in [0, 0.1) is 12.7 Å². The summed E-state index contributed by atoms with van der Waals surface area (Å²) in [6.07, 6.45) is 0. The summed E-state index contributed by atoms with van der Waals surface area (Å²) in [7, 11) is 0. The summed E-state index contributed by atoms with van der Waals surface area (Å²) < 4.78 is 13.7. The van der Waals surface area contributed by atoms with Gasteiger partial charge in [0.05, 0.1) is 5.69 Å². The molecule has 0 aliphatic heterocycles. The molecule has 1 heterocycles. The highest BCUT2D eigenvalue weighted by molar-refractivity contribution is 7.12. The van der Waals surface area contributed by atoms with Gasteiger partial charge in [0.15, 0.2) is 0 Å². The molecule has 1 aromatic heterocycles. The second-order valence-corrected chi connectivity index (χ2v) is 7.02. The van der Waals surface area contributed by atoms with Crippen molar-refractivity contribution in [3.8, 4) is 0 Å². The zero-order chi connectivity index (χ0) is 14.0. The summed E-state index contributed by atoms with van der Waals surface area (Å²) in [5, 5.41) is 3.16. The fraction of sp³-hybridized carbons (Fsp3) is 0.375. The SMILES string of the molecule is Cc1ccc(NCc2ccc(C(C)(C)C)s2)c(F)c1. The lowest BCUT2D eigenvalue weighted by Crippen LogP contribution is -2.07. The fourth-order valence-electron chi connectivity index (χ4n) is 1.82. The van der Waals surface area contributed by atoms with Crippen molar-refractivity contribution in [3.05, 3.63) is 51.5 Å². The van der Waals surface area contributed by atoms with Gasteiger partial charge in [-0.3, -0.25) is 0 Å². The van der Waals surface area contributed by atoms with Crippen LogP contribution < -0.4 is 5.32 Å². The van der Waals surface area contributed by atoms with Crippen molar-refractivity contribution in [2.75, 3.05) is 5.32 Å². The number of anilines is 1. The van der Waals surface area contributed by atoms with Gasteiger partial charge in [-0.25, -0.2) is 4.39 Å². The van der Waals surface area contributed by atoms with Crippen LogP contribution >= 0.6 is 11.3 Å². The predicted molar refractivity (Wildman–Crippen MR) is 81.5 cm³/mol. The van der Waals surface area contributed by atoms with E-state index >= 15 is 0 Å². The monoisotopic (exact) mass is 277 g/mol. The van der Waals surface area contributed by atoms with Gasteiger partial charge in [-0.1, -0.05) is 26.8 Å². The van der Waals surface area contributed by atoms with Crippen molar-refractivity contribution >= 4 is 17.0 Å². The molecule has 3 heteroatoms. The van der Waals surface area contributed by atoms with Crippen LogP contribution in [0.15, 0.2) is 30.3 Å². The van der Waals surface area contributed by atoms with Crippen molar-refractivity contribution in [1.29, 1.82) is 0 Å². The second kappa shape index (κ2) is 5.33. The number of benzene rings is 1. The lowest BCUT2D eigenvalue weighted by molar-refractivity contribution is 0.604. The molecule has 102 valence electrons. The number of aryl methyl sites for hydroxylation is 1. The first-order valence-corrected chi connectivity index (χ1v) is 7.27. The van der Waals surface area contributed by atoms with Crippen LogP contribution in [0.5, 0.6) is 0 Å². The lowest BCUT2D eigenvalue weighted by Gasteiger charge is -2.15. The van der Waals surface area contributed by atoms with Gasteiger partial charge in [0.2, 0.25) is 0 Å². The average Bonchev–Trinajstić information content (AvgIpc) is 2.76. The Labute approximate surface area is 118 Å². The van der Waals surface area contributed by atoms with Crippen LogP contribution in [-0.4, -0.2) is 0 Å². The van der Waals surface area contributed by atoms with Crippen molar-refractivity contribution in [3.63, 3.8) is 0 Å². The second-order valence-electron chi connectivity index (χ2n) is 5.85. The third kappa shape index (κ3) is 3.57. The molecule has 0 saturated carbocycles. The Kier molecular flexibility index (Phi) is 3.95. The summed E-state index contributed by atoms with van der Waals surface area (Å²) in [5.74, 6) is -0.187. The van der Waals surface area contributed by atoms with Crippen LogP contribution in [0.1, 0.15) is 36.1 Å². The van der Waals surface area contributed by atoms with E-state index in [4.69, 9.17) is 0 Å². The first kappa shape index (κ1) is 14.1. The molecule has 19 heavy (non-hydrogen) atoms. The van der Waals surface area contributed by atoms with E-state index in [1.165, 1.54) is 9.75 Å². The first-order valence-electron chi connectivity index (χ1n) is 6.45. The zero-order valence-electron chi connectivity index (χ0n) is 11.9. The topological polar surface area (TPSA) is 12.0 Å². The normalized spacial score (nSPS) is 11.6. The summed E-state index contributed by atoms with van der Waals surface area (Å²) in [4.78, 5) is 2.58. The lowest BCUT2D eigenvalue weighted by atomic mass is 9.95. The molecule has 0 atom stereocenters. The molecule has 0 radical (unpaired) electrons. The number of halogens is 1. The molecular weight excluding hydrogens is 257 g/mol. The molecule has 0 spiro atoms. The van der Waals surface area contributed by atoms with Gasteiger partial charge in [-0.05, 0) is 42.2 Å². The smallest absolute Gasteiger partial charge is 0.146 e. The third-order valence-corrected chi connectivity index (χ3v) is 4.49. The van der Waals surface area contributed by atoms with E-state index in [1.54, 1.807) is 23.5 Å². The van der Waals surface area contributed by atoms with Crippen LogP contribution in [0.3, 0.4) is 0 Å².